The van der Waals surface area contributed by atoms with E-state index in [1.807, 2.05) is 24.4 Å². The van der Waals surface area contributed by atoms with E-state index in [4.69, 9.17) is 4.74 Å². The average Bonchev–Trinajstić information content (AvgIpc) is 2.85. The number of aldehydes is 1. The first kappa shape index (κ1) is 11.7. The maximum atomic E-state index is 11.1. The predicted molar refractivity (Wildman–Crippen MR) is 68.0 cm³/mol. The van der Waals surface area contributed by atoms with Crippen molar-refractivity contribution in [3.63, 3.8) is 0 Å². The largest absolute Gasteiger partial charge is 0.504 e. The molecule has 0 radical (unpaired) electrons. The molecule has 1 N–H and O–H groups in total. The molecule has 0 saturated carbocycles. The number of benzene rings is 1. The molecule has 2 aromatic rings. The van der Waals surface area contributed by atoms with Crippen molar-refractivity contribution in [1.29, 1.82) is 0 Å². The van der Waals surface area contributed by atoms with Crippen molar-refractivity contribution < 1.29 is 14.6 Å². The second-order valence-electron chi connectivity index (χ2n) is 3.40. The Morgan fingerprint density at radius 3 is 2.82 bits per heavy atom. The fourth-order valence-electron chi connectivity index (χ4n) is 1.63. The van der Waals surface area contributed by atoms with Crippen LogP contribution in [0, 0.1) is 0 Å². The van der Waals surface area contributed by atoms with Crippen LogP contribution in [0.25, 0.3) is 10.4 Å². The summed E-state index contributed by atoms with van der Waals surface area (Å²) in [5.74, 6) is 0.252. The quantitative estimate of drug-likeness (QED) is 0.844. The van der Waals surface area contributed by atoms with E-state index in [-0.39, 0.29) is 11.3 Å². The van der Waals surface area contributed by atoms with Crippen LogP contribution in [-0.2, 0) is 0 Å². The third kappa shape index (κ3) is 2.17. The highest BCUT2D eigenvalue weighted by Crippen LogP contribution is 2.37. The molecule has 0 unspecified atom stereocenters. The molecule has 0 atom stereocenters. The summed E-state index contributed by atoms with van der Waals surface area (Å²) in [5, 5.41) is 11.9. The van der Waals surface area contributed by atoms with Crippen molar-refractivity contribution in [2.75, 3.05) is 6.61 Å². The lowest BCUT2D eigenvalue weighted by atomic mass is 10.1. The van der Waals surface area contributed by atoms with Crippen LogP contribution in [0.15, 0.2) is 29.6 Å². The summed E-state index contributed by atoms with van der Waals surface area (Å²) >= 11 is 1.52. The second kappa shape index (κ2) is 5.01. The molecule has 1 aromatic carbocycles. The second-order valence-corrected chi connectivity index (χ2v) is 4.35. The number of carbonyl (C=O) groups is 1. The zero-order valence-corrected chi connectivity index (χ0v) is 10.2. The molecule has 3 nitrogen and oxygen atoms in total. The number of phenolic OH excluding ortho intramolecular Hbond substituents is 1. The van der Waals surface area contributed by atoms with Gasteiger partial charge in [0, 0.05) is 10.4 Å². The number of thiophene rings is 1. The average molecular weight is 248 g/mol. The zero-order chi connectivity index (χ0) is 12.3. The molecule has 0 bridgehead atoms. The van der Waals surface area contributed by atoms with Crippen LogP contribution in [0.2, 0.25) is 0 Å². The number of carbonyl (C=O) groups excluding carboxylic acids is 1. The van der Waals surface area contributed by atoms with Crippen LogP contribution in [0.1, 0.15) is 17.3 Å². The zero-order valence-electron chi connectivity index (χ0n) is 9.34. The van der Waals surface area contributed by atoms with Gasteiger partial charge in [-0.1, -0.05) is 6.07 Å². The molecule has 0 aliphatic heterocycles. The predicted octanol–water partition coefficient (Wildman–Crippen LogP) is 3.33. The minimum Gasteiger partial charge on any atom is -0.504 e. The van der Waals surface area contributed by atoms with Crippen LogP contribution < -0.4 is 4.74 Å². The normalized spacial score (nSPS) is 10.2. The minimum atomic E-state index is -0.0900. The molecular formula is C13H12O3S. The lowest BCUT2D eigenvalue weighted by Crippen LogP contribution is -1.95. The van der Waals surface area contributed by atoms with Crippen molar-refractivity contribution in [2.24, 2.45) is 0 Å². The van der Waals surface area contributed by atoms with Crippen molar-refractivity contribution in [2.45, 2.75) is 6.92 Å². The Morgan fingerprint density at radius 2 is 2.24 bits per heavy atom. The van der Waals surface area contributed by atoms with Crippen LogP contribution in [0.3, 0.4) is 0 Å². The Hall–Kier alpha value is -1.81. The van der Waals surface area contributed by atoms with E-state index in [0.29, 0.717) is 18.6 Å². The molecule has 17 heavy (non-hydrogen) atoms. The van der Waals surface area contributed by atoms with Gasteiger partial charge in [-0.25, -0.2) is 0 Å². The first-order chi connectivity index (χ1) is 8.27. The first-order valence-electron chi connectivity index (χ1n) is 5.25. The van der Waals surface area contributed by atoms with Gasteiger partial charge in [0.05, 0.1) is 12.2 Å². The highest BCUT2D eigenvalue weighted by Gasteiger charge is 2.14. The number of aromatic hydroxyl groups is 1. The van der Waals surface area contributed by atoms with Crippen molar-refractivity contribution in [3.8, 4) is 21.9 Å². The van der Waals surface area contributed by atoms with Crippen molar-refractivity contribution >= 4 is 17.6 Å². The van der Waals surface area contributed by atoms with Gasteiger partial charge in [0.15, 0.2) is 17.8 Å². The summed E-state index contributed by atoms with van der Waals surface area (Å²) < 4.78 is 5.25. The van der Waals surface area contributed by atoms with E-state index < -0.39 is 0 Å². The number of hydrogen-bond acceptors (Lipinski definition) is 4. The fourth-order valence-corrected chi connectivity index (χ4v) is 2.39. The van der Waals surface area contributed by atoms with E-state index in [9.17, 15) is 9.90 Å². The Kier molecular flexibility index (Phi) is 3.44. The highest BCUT2D eigenvalue weighted by molar-refractivity contribution is 7.13. The fraction of sp³-hybridized carbons (Fsp3) is 0.154. The van der Waals surface area contributed by atoms with E-state index >= 15 is 0 Å². The summed E-state index contributed by atoms with van der Waals surface area (Å²) in [6, 6.07) is 7.29. The van der Waals surface area contributed by atoms with E-state index in [1.165, 1.54) is 11.3 Å². The van der Waals surface area contributed by atoms with E-state index in [1.54, 1.807) is 12.1 Å². The summed E-state index contributed by atoms with van der Waals surface area (Å²) in [7, 11) is 0. The summed E-state index contributed by atoms with van der Waals surface area (Å²) in [6.07, 6.45) is 0.660. The standard InChI is InChI=1S/C13H12O3S/c1-2-16-11-6-5-9(10(8-14)13(11)15)12-4-3-7-17-12/h3-8,15H,2H2,1H3. The number of ether oxygens (including phenoxy) is 1. The molecule has 0 aliphatic carbocycles. The van der Waals surface area contributed by atoms with Crippen molar-refractivity contribution in [3.05, 3.63) is 35.2 Å². The highest BCUT2D eigenvalue weighted by atomic mass is 32.1. The third-order valence-corrected chi connectivity index (χ3v) is 3.29. The van der Waals surface area contributed by atoms with Crippen LogP contribution in [0.5, 0.6) is 11.5 Å². The van der Waals surface area contributed by atoms with Gasteiger partial charge in [-0.15, -0.1) is 11.3 Å². The maximum absolute atomic E-state index is 11.1. The van der Waals surface area contributed by atoms with Crippen LogP contribution in [-0.4, -0.2) is 18.0 Å². The minimum absolute atomic E-state index is 0.0900. The van der Waals surface area contributed by atoms with Gasteiger partial charge in [0.1, 0.15) is 0 Å². The molecular weight excluding hydrogens is 236 g/mol. The summed E-state index contributed by atoms with van der Waals surface area (Å²) in [4.78, 5) is 12.0. The molecule has 0 fully saturated rings. The third-order valence-electron chi connectivity index (χ3n) is 2.38. The molecule has 0 aliphatic rings. The Labute approximate surface area is 103 Å². The molecule has 1 heterocycles. The lowest BCUT2D eigenvalue weighted by Gasteiger charge is -2.10. The number of hydrogen-bond donors (Lipinski definition) is 1. The molecule has 4 heteroatoms. The summed E-state index contributed by atoms with van der Waals surface area (Å²) in [5.41, 5.74) is 1.01. The Balaban J connectivity index is 2.55. The molecule has 0 amide bonds. The molecule has 88 valence electrons. The Morgan fingerprint density at radius 1 is 1.41 bits per heavy atom. The van der Waals surface area contributed by atoms with Gasteiger partial charge in [-0.2, -0.15) is 0 Å². The number of phenols is 1. The molecule has 0 saturated heterocycles. The van der Waals surface area contributed by atoms with Gasteiger partial charge in [-0.05, 0) is 30.5 Å². The molecule has 1 aromatic heterocycles. The van der Waals surface area contributed by atoms with Crippen LogP contribution in [0.4, 0.5) is 0 Å². The SMILES string of the molecule is CCOc1ccc(-c2cccs2)c(C=O)c1O. The molecule has 2 rings (SSSR count). The van der Waals surface area contributed by atoms with Crippen molar-refractivity contribution in [1.82, 2.24) is 0 Å². The smallest absolute Gasteiger partial charge is 0.169 e. The van der Waals surface area contributed by atoms with Gasteiger partial charge >= 0.3 is 0 Å². The molecule has 0 spiro atoms. The monoisotopic (exact) mass is 248 g/mol. The van der Waals surface area contributed by atoms with E-state index in [0.717, 1.165) is 10.4 Å². The maximum Gasteiger partial charge on any atom is 0.169 e. The van der Waals surface area contributed by atoms with Gasteiger partial charge in [-0.3, -0.25) is 4.79 Å². The van der Waals surface area contributed by atoms with Gasteiger partial charge in [0.2, 0.25) is 0 Å². The summed E-state index contributed by atoms with van der Waals surface area (Å²) in [6.45, 7) is 2.28. The van der Waals surface area contributed by atoms with E-state index in [2.05, 4.69) is 0 Å². The number of rotatable bonds is 4. The van der Waals surface area contributed by atoms with Gasteiger partial charge < -0.3 is 9.84 Å². The first-order valence-corrected chi connectivity index (χ1v) is 6.13. The van der Waals surface area contributed by atoms with Crippen LogP contribution >= 0.6 is 11.3 Å². The topological polar surface area (TPSA) is 46.5 Å². The lowest BCUT2D eigenvalue weighted by molar-refractivity contribution is 0.112. The Bertz CT molecular complexity index is 518. The van der Waals surface area contributed by atoms with Gasteiger partial charge in [0.25, 0.3) is 0 Å².